The molecule has 0 radical (unpaired) electrons. The van der Waals surface area contributed by atoms with Crippen LogP contribution in [0.4, 0.5) is 5.69 Å². The first-order valence-corrected chi connectivity index (χ1v) is 7.80. The van der Waals surface area contributed by atoms with Crippen LogP contribution < -0.4 is 19.5 Å². The van der Waals surface area contributed by atoms with Crippen molar-refractivity contribution >= 4 is 34.8 Å². The van der Waals surface area contributed by atoms with E-state index in [2.05, 4.69) is 5.32 Å². The molecule has 0 fully saturated rings. The molecule has 0 aliphatic carbocycles. The van der Waals surface area contributed by atoms with Crippen LogP contribution in [0.3, 0.4) is 0 Å². The van der Waals surface area contributed by atoms with Crippen molar-refractivity contribution in [2.75, 3.05) is 26.1 Å². The monoisotopic (exact) mass is 369 g/mol. The van der Waals surface area contributed by atoms with Gasteiger partial charge in [-0.15, -0.1) is 0 Å². The van der Waals surface area contributed by atoms with E-state index < -0.39 is 0 Å². The molecule has 0 saturated carbocycles. The number of rotatable bonds is 6. The Bertz CT molecular complexity index is 750. The first-order valence-electron chi connectivity index (χ1n) is 7.05. The highest BCUT2D eigenvalue weighted by Gasteiger charge is 2.12. The third kappa shape index (κ3) is 4.46. The Labute approximate surface area is 150 Å². The molecule has 128 valence electrons. The van der Waals surface area contributed by atoms with Crippen molar-refractivity contribution in [3.63, 3.8) is 0 Å². The molecule has 2 aromatic rings. The van der Waals surface area contributed by atoms with Crippen molar-refractivity contribution in [1.82, 2.24) is 0 Å². The topological polar surface area (TPSA) is 56.8 Å². The van der Waals surface area contributed by atoms with Gasteiger partial charge in [-0.25, -0.2) is 0 Å². The first kappa shape index (κ1) is 18.2. The summed E-state index contributed by atoms with van der Waals surface area (Å²) in [7, 11) is 3.01. The van der Waals surface area contributed by atoms with Gasteiger partial charge in [0, 0.05) is 17.2 Å². The Morgan fingerprint density at radius 3 is 2.33 bits per heavy atom. The second-order valence-corrected chi connectivity index (χ2v) is 5.75. The number of amides is 1. The number of benzene rings is 2. The normalized spacial score (nSPS) is 10.2. The van der Waals surface area contributed by atoms with E-state index in [1.54, 1.807) is 30.3 Å². The van der Waals surface area contributed by atoms with E-state index in [1.165, 1.54) is 14.2 Å². The van der Waals surface area contributed by atoms with Crippen LogP contribution in [0.25, 0.3) is 0 Å². The minimum Gasteiger partial charge on any atom is -0.493 e. The van der Waals surface area contributed by atoms with Gasteiger partial charge in [0.15, 0.2) is 18.1 Å². The number of carbonyl (C=O) groups is 1. The standard InChI is InChI=1S/C17H17Cl2NO4/c1-10-6-11(4-5-12(10)18)24-9-17(21)20-14-8-16(23-3)15(22-2)7-13(14)19/h4-8H,9H2,1-3H3,(H,20,21). The summed E-state index contributed by atoms with van der Waals surface area (Å²) in [6.07, 6.45) is 0. The minimum atomic E-state index is -0.350. The van der Waals surface area contributed by atoms with Crippen molar-refractivity contribution in [3.8, 4) is 17.2 Å². The van der Waals surface area contributed by atoms with Gasteiger partial charge in [-0.05, 0) is 30.7 Å². The Kier molecular flexibility index (Phi) is 6.17. The van der Waals surface area contributed by atoms with E-state index in [1.807, 2.05) is 6.92 Å². The molecule has 1 amide bonds. The van der Waals surface area contributed by atoms with Crippen LogP contribution in [0.15, 0.2) is 30.3 Å². The molecule has 2 aromatic carbocycles. The highest BCUT2D eigenvalue weighted by Crippen LogP contribution is 2.36. The maximum atomic E-state index is 12.1. The number of methoxy groups -OCH3 is 2. The summed E-state index contributed by atoms with van der Waals surface area (Å²) in [5.74, 6) is 1.15. The molecule has 0 spiro atoms. The van der Waals surface area contributed by atoms with E-state index in [0.29, 0.717) is 33.0 Å². The fourth-order valence-corrected chi connectivity index (χ4v) is 2.31. The molecule has 1 N–H and O–H groups in total. The number of halogens is 2. The summed E-state index contributed by atoms with van der Waals surface area (Å²) < 4.78 is 15.8. The quantitative estimate of drug-likeness (QED) is 0.822. The zero-order valence-corrected chi connectivity index (χ0v) is 15.0. The van der Waals surface area contributed by atoms with E-state index in [9.17, 15) is 4.79 Å². The second-order valence-electron chi connectivity index (χ2n) is 4.93. The molecule has 7 heteroatoms. The first-order chi connectivity index (χ1) is 11.4. The lowest BCUT2D eigenvalue weighted by Crippen LogP contribution is -2.20. The molecule has 24 heavy (non-hydrogen) atoms. The Balaban J connectivity index is 2.03. The molecule has 0 aromatic heterocycles. The highest BCUT2D eigenvalue weighted by atomic mass is 35.5. The number of ether oxygens (including phenoxy) is 3. The zero-order chi connectivity index (χ0) is 17.7. The average Bonchev–Trinajstić information content (AvgIpc) is 2.57. The smallest absolute Gasteiger partial charge is 0.262 e. The molecule has 0 aliphatic rings. The van der Waals surface area contributed by atoms with Gasteiger partial charge in [0.1, 0.15) is 5.75 Å². The maximum Gasteiger partial charge on any atom is 0.262 e. The molecule has 0 bridgehead atoms. The Morgan fingerprint density at radius 2 is 1.71 bits per heavy atom. The largest absolute Gasteiger partial charge is 0.493 e. The second kappa shape index (κ2) is 8.13. The molecular formula is C17H17Cl2NO4. The van der Waals surface area contributed by atoms with E-state index in [0.717, 1.165) is 5.56 Å². The third-order valence-electron chi connectivity index (χ3n) is 3.25. The van der Waals surface area contributed by atoms with Crippen LogP contribution in [0.1, 0.15) is 5.56 Å². The molecule has 2 rings (SSSR count). The molecule has 5 nitrogen and oxygen atoms in total. The summed E-state index contributed by atoms with van der Waals surface area (Å²) in [4.78, 5) is 12.1. The fourth-order valence-electron chi connectivity index (χ4n) is 1.99. The number of hydrogen-bond acceptors (Lipinski definition) is 4. The number of aryl methyl sites for hydroxylation is 1. The van der Waals surface area contributed by atoms with Gasteiger partial charge >= 0.3 is 0 Å². The SMILES string of the molecule is COc1cc(Cl)c(NC(=O)COc2ccc(Cl)c(C)c2)cc1OC. The summed E-state index contributed by atoms with van der Waals surface area (Å²) in [6, 6.07) is 8.34. The van der Waals surface area contributed by atoms with Crippen molar-refractivity contribution in [2.45, 2.75) is 6.92 Å². The van der Waals surface area contributed by atoms with Crippen LogP contribution >= 0.6 is 23.2 Å². The molecular weight excluding hydrogens is 353 g/mol. The van der Waals surface area contributed by atoms with Gasteiger partial charge in [-0.1, -0.05) is 23.2 Å². The predicted octanol–water partition coefficient (Wildman–Crippen LogP) is 4.34. The van der Waals surface area contributed by atoms with Gasteiger partial charge in [-0.2, -0.15) is 0 Å². The molecule has 0 atom stereocenters. The van der Waals surface area contributed by atoms with Crippen LogP contribution in [0, 0.1) is 6.92 Å². The van der Waals surface area contributed by atoms with Gasteiger partial charge in [0.05, 0.1) is 24.9 Å². The van der Waals surface area contributed by atoms with Crippen LogP contribution in [-0.4, -0.2) is 26.7 Å². The highest BCUT2D eigenvalue weighted by molar-refractivity contribution is 6.34. The van der Waals surface area contributed by atoms with Crippen molar-refractivity contribution in [2.24, 2.45) is 0 Å². The number of nitrogens with one attached hydrogen (secondary N) is 1. The number of carbonyl (C=O) groups excluding carboxylic acids is 1. The van der Waals surface area contributed by atoms with E-state index in [-0.39, 0.29) is 12.5 Å². The van der Waals surface area contributed by atoms with Crippen LogP contribution in [-0.2, 0) is 4.79 Å². The summed E-state index contributed by atoms with van der Waals surface area (Å²) in [5.41, 5.74) is 1.28. The fraction of sp³-hybridized carbons (Fsp3) is 0.235. The van der Waals surface area contributed by atoms with Crippen LogP contribution in [0.2, 0.25) is 10.0 Å². The predicted molar refractivity (Wildman–Crippen MR) is 94.9 cm³/mol. The lowest BCUT2D eigenvalue weighted by atomic mass is 10.2. The Hall–Kier alpha value is -2.11. The third-order valence-corrected chi connectivity index (χ3v) is 3.98. The molecule has 0 saturated heterocycles. The van der Waals surface area contributed by atoms with Gasteiger partial charge in [0.25, 0.3) is 5.91 Å². The van der Waals surface area contributed by atoms with Crippen molar-refractivity contribution in [1.29, 1.82) is 0 Å². The van der Waals surface area contributed by atoms with Gasteiger partial charge in [-0.3, -0.25) is 4.79 Å². The van der Waals surface area contributed by atoms with E-state index in [4.69, 9.17) is 37.4 Å². The van der Waals surface area contributed by atoms with Crippen molar-refractivity contribution in [3.05, 3.63) is 45.9 Å². The van der Waals surface area contributed by atoms with Crippen LogP contribution in [0.5, 0.6) is 17.2 Å². The molecule has 0 unspecified atom stereocenters. The number of anilines is 1. The summed E-state index contributed by atoms with van der Waals surface area (Å²) >= 11 is 12.1. The minimum absolute atomic E-state index is 0.161. The summed E-state index contributed by atoms with van der Waals surface area (Å²) in [6.45, 7) is 1.70. The maximum absolute atomic E-state index is 12.1. The van der Waals surface area contributed by atoms with Gasteiger partial charge in [0.2, 0.25) is 0 Å². The lowest BCUT2D eigenvalue weighted by Gasteiger charge is -2.13. The van der Waals surface area contributed by atoms with Gasteiger partial charge < -0.3 is 19.5 Å². The molecule has 0 heterocycles. The lowest BCUT2D eigenvalue weighted by molar-refractivity contribution is -0.118. The summed E-state index contributed by atoms with van der Waals surface area (Å²) in [5, 5.41) is 3.65. The number of hydrogen-bond donors (Lipinski definition) is 1. The van der Waals surface area contributed by atoms with E-state index >= 15 is 0 Å². The Morgan fingerprint density at radius 1 is 1.04 bits per heavy atom. The average molecular weight is 370 g/mol. The van der Waals surface area contributed by atoms with Crippen molar-refractivity contribution < 1.29 is 19.0 Å². The molecule has 0 aliphatic heterocycles. The zero-order valence-electron chi connectivity index (χ0n) is 13.5.